The summed E-state index contributed by atoms with van der Waals surface area (Å²) in [6, 6.07) is 14.8. The summed E-state index contributed by atoms with van der Waals surface area (Å²) in [6.45, 7) is 8.48. The molecule has 4 rings (SSSR count). The lowest BCUT2D eigenvalue weighted by Gasteiger charge is -2.37. The average Bonchev–Trinajstić information content (AvgIpc) is 3.25. The van der Waals surface area contributed by atoms with Gasteiger partial charge in [0.1, 0.15) is 5.01 Å². The number of benzene rings is 2. The number of nitrogens with zero attached hydrogens (tertiary/aromatic N) is 3. The number of hydrogen-bond donors (Lipinski definition) is 1. The number of nitriles is 1. The van der Waals surface area contributed by atoms with Crippen LogP contribution < -0.4 is 0 Å². The Kier molecular flexibility index (Phi) is 6.92. The molecule has 3 aromatic rings. The fourth-order valence-electron chi connectivity index (χ4n) is 4.49. The minimum Gasteiger partial charge on any atom is -0.481 e. The molecule has 1 N–H and O–H groups in total. The van der Waals surface area contributed by atoms with Crippen molar-refractivity contribution in [3.63, 3.8) is 0 Å². The van der Waals surface area contributed by atoms with Crippen molar-refractivity contribution in [1.29, 1.82) is 5.26 Å². The standard InChI is InChI=1S/C27H29N3O2S/c1-4-23-20(14-30-15-22(16-30)27(31)32)6-5-7-24(23)25-13-29-26(33-25)19-9-8-18(10-17(2)3)21(11-19)12-28/h5-9,11,13,17,22H,4,10,14-16H2,1-3H3,(H,31,32). The number of rotatable bonds is 8. The first-order valence-electron chi connectivity index (χ1n) is 11.4. The maximum Gasteiger partial charge on any atom is 0.309 e. The molecule has 0 radical (unpaired) electrons. The van der Waals surface area contributed by atoms with Crippen LogP contribution in [0.2, 0.25) is 0 Å². The third kappa shape index (κ3) is 5.00. The predicted octanol–water partition coefficient (Wildman–Crippen LogP) is 5.63. The van der Waals surface area contributed by atoms with Crippen LogP contribution in [0.25, 0.3) is 21.0 Å². The number of aliphatic carboxylic acids is 1. The average molecular weight is 460 g/mol. The molecule has 0 spiro atoms. The quantitative estimate of drug-likeness (QED) is 0.473. The van der Waals surface area contributed by atoms with Gasteiger partial charge in [-0.05, 0) is 47.1 Å². The van der Waals surface area contributed by atoms with Crippen LogP contribution >= 0.6 is 11.3 Å². The van der Waals surface area contributed by atoms with Gasteiger partial charge in [0.15, 0.2) is 0 Å². The summed E-state index contributed by atoms with van der Waals surface area (Å²) < 4.78 is 0. The zero-order valence-electron chi connectivity index (χ0n) is 19.3. The van der Waals surface area contributed by atoms with E-state index in [-0.39, 0.29) is 5.92 Å². The Hall–Kier alpha value is -3.01. The highest BCUT2D eigenvalue weighted by Gasteiger charge is 2.32. The molecule has 1 aliphatic rings. The first-order valence-corrected chi connectivity index (χ1v) is 12.3. The van der Waals surface area contributed by atoms with Crippen LogP contribution in [0.5, 0.6) is 0 Å². The van der Waals surface area contributed by atoms with Crippen molar-refractivity contribution in [2.75, 3.05) is 13.1 Å². The van der Waals surface area contributed by atoms with Gasteiger partial charge in [-0.1, -0.05) is 51.1 Å². The minimum atomic E-state index is -0.704. The summed E-state index contributed by atoms with van der Waals surface area (Å²) in [5.74, 6) is -0.447. The zero-order valence-corrected chi connectivity index (χ0v) is 20.2. The van der Waals surface area contributed by atoms with E-state index >= 15 is 0 Å². The highest BCUT2D eigenvalue weighted by atomic mass is 32.1. The van der Waals surface area contributed by atoms with Crippen molar-refractivity contribution in [2.45, 2.75) is 40.2 Å². The van der Waals surface area contributed by atoms with E-state index in [0.717, 1.165) is 46.0 Å². The lowest BCUT2D eigenvalue weighted by atomic mass is 9.94. The smallest absolute Gasteiger partial charge is 0.309 e. The molecule has 33 heavy (non-hydrogen) atoms. The van der Waals surface area contributed by atoms with Crippen LogP contribution in [-0.4, -0.2) is 34.0 Å². The number of carboxylic acids is 1. The molecule has 0 amide bonds. The lowest BCUT2D eigenvalue weighted by molar-refractivity contribution is -0.147. The summed E-state index contributed by atoms with van der Waals surface area (Å²) in [7, 11) is 0. The number of carbonyl (C=O) groups is 1. The maximum atomic E-state index is 11.1. The number of thiazole rings is 1. The summed E-state index contributed by atoms with van der Waals surface area (Å²) in [4.78, 5) is 19.1. The third-order valence-corrected chi connectivity index (χ3v) is 7.28. The molecule has 0 atom stereocenters. The van der Waals surface area contributed by atoms with E-state index in [1.165, 1.54) is 16.7 Å². The topological polar surface area (TPSA) is 77.2 Å². The summed E-state index contributed by atoms with van der Waals surface area (Å²) >= 11 is 1.65. The molecule has 0 saturated carbocycles. The number of likely N-dealkylation sites (tertiary alicyclic amines) is 1. The van der Waals surface area contributed by atoms with Gasteiger partial charge in [0, 0.05) is 31.4 Å². The van der Waals surface area contributed by atoms with Crippen molar-refractivity contribution in [3.8, 4) is 27.1 Å². The van der Waals surface area contributed by atoms with Crippen molar-refractivity contribution < 1.29 is 9.90 Å². The van der Waals surface area contributed by atoms with Gasteiger partial charge in [0.25, 0.3) is 0 Å². The fraction of sp³-hybridized carbons (Fsp3) is 0.370. The van der Waals surface area contributed by atoms with E-state index < -0.39 is 5.97 Å². The second-order valence-electron chi connectivity index (χ2n) is 9.14. The molecule has 1 aromatic heterocycles. The van der Waals surface area contributed by atoms with Gasteiger partial charge in [-0.2, -0.15) is 5.26 Å². The maximum absolute atomic E-state index is 11.1. The fourth-order valence-corrected chi connectivity index (χ4v) is 5.46. The molecule has 2 aromatic carbocycles. The Morgan fingerprint density at radius 2 is 2.06 bits per heavy atom. The summed E-state index contributed by atoms with van der Waals surface area (Å²) in [5, 5.41) is 19.7. The van der Waals surface area contributed by atoms with Gasteiger partial charge in [-0.15, -0.1) is 11.3 Å². The Bertz CT molecular complexity index is 1200. The molecule has 170 valence electrons. The molecule has 1 aliphatic heterocycles. The zero-order chi connectivity index (χ0) is 23.5. The SMILES string of the molecule is CCc1c(CN2CC(C(=O)O)C2)cccc1-c1cnc(-c2ccc(CC(C)C)c(C#N)c2)s1. The molecule has 0 bridgehead atoms. The molecular formula is C27H29N3O2S. The van der Waals surface area contributed by atoms with E-state index in [2.05, 4.69) is 67.1 Å². The molecule has 0 aliphatic carbocycles. The lowest BCUT2D eigenvalue weighted by Crippen LogP contribution is -2.49. The molecule has 0 unspecified atom stereocenters. The van der Waals surface area contributed by atoms with Crippen LogP contribution in [0.1, 0.15) is 43.0 Å². The van der Waals surface area contributed by atoms with E-state index in [9.17, 15) is 10.1 Å². The van der Waals surface area contributed by atoms with E-state index in [0.29, 0.717) is 19.0 Å². The Morgan fingerprint density at radius 1 is 1.27 bits per heavy atom. The number of aromatic nitrogens is 1. The van der Waals surface area contributed by atoms with Crippen LogP contribution in [0.4, 0.5) is 0 Å². The van der Waals surface area contributed by atoms with Gasteiger partial charge >= 0.3 is 5.97 Å². The van der Waals surface area contributed by atoms with Crippen molar-refractivity contribution in [2.24, 2.45) is 11.8 Å². The largest absolute Gasteiger partial charge is 0.481 e. The molecule has 2 heterocycles. The normalized spacial score (nSPS) is 14.3. The Morgan fingerprint density at radius 3 is 2.73 bits per heavy atom. The van der Waals surface area contributed by atoms with Crippen LogP contribution in [0, 0.1) is 23.2 Å². The molecular weight excluding hydrogens is 430 g/mol. The third-order valence-electron chi connectivity index (χ3n) is 6.20. The monoisotopic (exact) mass is 459 g/mol. The van der Waals surface area contributed by atoms with Gasteiger partial charge in [0.05, 0.1) is 22.4 Å². The predicted molar refractivity (Wildman–Crippen MR) is 132 cm³/mol. The van der Waals surface area contributed by atoms with E-state index in [1.807, 2.05) is 12.3 Å². The van der Waals surface area contributed by atoms with Crippen LogP contribution in [-0.2, 0) is 24.2 Å². The second-order valence-corrected chi connectivity index (χ2v) is 10.2. The highest BCUT2D eigenvalue weighted by molar-refractivity contribution is 7.18. The van der Waals surface area contributed by atoms with Gasteiger partial charge < -0.3 is 5.11 Å². The van der Waals surface area contributed by atoms with Gasteiger partial charge in [0.2, 0.25) is 0 Å². The van der Waals surface area contributed by atoms with Gasteiger partial charge in [-0.3, -0.25) is 9.69 Å². The van der Waals surface area contributed by atoms with Crippen molar-refractivity contribution >= 4 is 17.3 Å². The molecule has 6 heteroatoms. The van der Waals surface area contributed by atoms with Crippen molar-refractivity contribution in [1.82, 2.24) is 9.88 Å². The van der Waals surface area contributed by atoms with Crippen LogP contribution in [0.15, 0.2) is 42.6 Å². The summed E-state index contributed by atoms with van der Waals surface area (Å²) in [6.07, 6.45) is 3.72. The first kappa shape index (κ1) is 23.2. The number of hydrogen-bond acceptors (Lipinski definition) is 5. The first-order chi connectivity index (χ1) is 15.9. The molecule has 5 nitrogen and oxygen atoms in total. The second kappa shape index (κ2) is 9.86. The Labute approximate surface area is 199 Å². The number of carboxylic acid groups (broad SMARTS) is 1. The van der Waals surface area contributed by atoms with E-state index in [4.69, 9.17) is 5.11 Å². The highest BCUT2D eigenvalue weighted by Crippen LogP contribution is 2.36. The Balaban J connectivity index is 1.59. The van der Waals surface area contributed by atoms with Gasteiger partial charge in [-0.25, -0.2) is 4.98 Å². The molecule has 1 saturated heterocycles. The molecule has 1 fully saturated rings. The summed E-state index contributed by atoms with van der Waals surface area (Å²) in [5.41, 5.74) is 6.51. The minimum absolute atomic E-state index is 0.243. The van der Waals surface area contributed by atoms with Crippen LogP contribution in [0.3, 0.4) is 0 Å². The van der Waals surface area contributed by atoms with E-state index in [1.54, 1.807) is 11.3 Å². The van der Waals surface area contributed by atoms with Crippen molar-refractivity contribution in [3.05, 3.63) is 64.8 Å².